The van der Waals surface area contributed by atoms with Gasteiger partial charge >= 0.3 is 5.97 Å². The summed E-state index contributed by atoms with van der Waals surface area (Å²) in [6.45, 7) is 1.99. The number of aliphatic carboxylic acids is 1. The van der Waals surface area contributed by atoms with E-state index in [4.69, 9.17) is 5.11 Å². The molecule has 0 aliphatic heterocycles. The van der Waals surface area contributed by atoms with E-state index in [9.17, 15) is 4.79 Å². The first kappa shape index (κ1) is 13.6. The van der Waals surface area contributed by atoms with E-state index in [1.54, 1.807) is 0 Å². The number of aromatic nitrogens is 1. The number of carbonyl (C=O) groups is 1. The Kier molecular flexibility index (Phi) is 3.90. The summed E-state index contributed by atoms with van der Waals surface area (Å²) in [4.78, 5) is 16.3. The molecule has 19 heavy (non-hydrogen) atoms. The van der Waals surface area contributed by atoms with Crippen LogP contribution < -0.4 is 0 Å². The van der Waals surface area contributed by atoms with E-state index in [-0.39, 0.29) is 18.4 Å². The van der Waals surface area contributed by atoms with Crippen molar-refractivity contribution in [2.75, 3.05) is 14.1 Å². The van der Waals surface area contributed by atoms with Crippen molar-refractivity contribution in [1.82, 2.24) is 9.88 Å². The van der Waals surface area contributed by atoms with Crippen molar-refractivity contribution in [1.29, 1.82) is 0 Å². The van der Waals surface area contributed by atoms with Crippen LogP contribution in [-0.4, -0.2) is 35.1 Å². The van der Waals surface area contributed by atoms with E-state index in [0.29, 0.717) is 0 Å². The summed E-state index contributed by atoms with van der Waals surface area (Å²) < 4.78 is 0. The van der Waals surface area contributed by atoms with Gasteiger partial charge in [0.05, 0.1) is 0 Å². The smallest absolute Gasteiger partial charge is 0.303 e. The van der Waals surface area contributed by atoms with Crippen molar-refractivity contribution in [2.24, 2.45) is 5.92 Å². The molecular weight excluding hydrogens is 240 g/mol. The van der Waals surface area contributed by atoms with Crippen molar-refractivity contribution in [2.45, 2.75) is 19.4 Å². The number of carboxylic acid groups (broad SMARTS) is 1. The molecule has 2 atom stereocenters. The molecule has 0 saturated carbocycles. The standard InChI is InChI=1S/C15H20N2O2/c1-10(8-14(18)19)15(17(2)3)12-9-16-13-7-5-4-6-11(12)13/h4-7,9-10,15-16H,8H2,1-3H3,(H,18,19). The van der Waals surface area contributed by atoms with Gasteiger partial charge in [0.25, 0.3) is 0 Å². The Morgan fingerprint density at radius 2 is 2.05 bits per heavy atom. The molecule has 0 aliphatic carbocycles. The lowest BCUT2D eigenvalue weighted by Gasteiger charge is -2.29. The maximum atomic E-state index is 10.9. The van der Waals surface area contributed by atoms with Gasteiger partial charge in [-0.1, -0.05) is 25.1 Å². The van der Waals surface area contributed by atoms with Gasteiger partial charge in [-0.2, -0.15) is 0 Å². The maximum absolute atomic E-state index is 10.9. The van der Waals surface area contributed by atoms with Gasteiger partial charge in [0.1, 0.15) is 0 Å². The molecule has 1 aromatic heterocycles. The number of carboxylic acids is 1. The monoisotopic (exact) mass is 260 g/mol. The number of aromatic amines is 1. The Bertz CT molecular complexity index is 574. The molecule has 4 heteroatoms. The van der Waals surface area contributed by atoms with Crippen LogP contribution in [0.1, 0.15) is 24.9 Å². The number of benzene rings is 1. The van der Waals surface area contributed by atoms with Crippen LogP contribution in [-0.2, 0) is 4.79 Å². The molecule has 1 heterocycles. The summed E-state index contributed by atoms with van der Waals surface area (Å²) in [5.41, 5.74) is 2.25. The molecule has 0 aliphatic rings. The quantitative estimate of drug-likeness (QED) is 0.869. The first-order valence-electron chi connectivity index (χ1n) is 6.45. The second-order valence-corrected chi connectivity index (χ2v) is 5.27. The highest BCUT2D eigenvalue weighted by Gasteiger charge is 2.25. The zero-order chi connectivity index (χ0) is 14.0. The van der Waals surface area contributed by atoms with Gasteiger partial charge in [0.15, 0.2) is 0 Å². The van der Waals surface area contributed by atoms with Crippen LogP contribution in [0.15, 0.2) is 30.5 Å². The lowest BCUT2D eigenvalue weighted by molar-refractivity contribution is -0.138. The number of hydrogen-bond donors (Lipinski definition) is 2. The zero-order valence-electron chi connectivity index (χ0n) is 11.6. The summed E-state index contributed by atoms with van der Waals surface area (Å²) in [6, 6.07) is 8.20. The summed E-state index contributed by atoms with van der Waals surface area (Å²) in [5.74, 6) is -0.703. The summed E-state index contributed by atoms with van der Waals surface area (Å²) in [5, 5.41) is 10.2. The molecule has 0 radical (unpaired) electrons. The first-order chi connectivity index (χ1) is 9.00. The van der Waals surface area contributed by atoms with Crippen LogP contribution in [0, 0.1) is 5.92 Å². The predicted molar refractivity (Wildman–Crippen MR) is 76.1 cm³/mol. The highest BCUT2D eigenvalue weighted by atomic mass is 16.4. The van der Waals surface area contributed by atoms with Gasteiger partial charge in [0, 0.05) is 29.6 Å². The van der Waals surface area contributed by atoms with Gasteiger partial charge in [-0.25, -0.2) is 0 Å². The minimum absolute atomic E-state index is 0.0479. The fraction of sp³-hybridized carbons (Fsp3) is 0.400. The van der Waals surface area contributed by atoms with E-state index in [2.05, 4.69) is 16.0 Å². The second-order valence-electron chi connectivity index (χ2n) is 5.27. The van der Waals surface area contributed by atoms with Crippen LogP contribution in [0.25, 0.3) is 10.9 Å². The highest BCUT2D eigenvalue weighted by molar-refractivity contribution is 5.83. The lowest BCUT2D eigenvalue weighted by Crippen LogP contribution is -2.27. The van der Waals surface area contributed by atoms with Crippen molar-refractivity contribution >= 4 is 16.9 Å². The van der Waals surface area contributed by atoms with Crippen LogP contribution >= 0.6 is 0 Å². The second kappa shape index (κ2) is 5.45. The fourth-order valence-electron chi connectivity index (χ4n) is 2.82. The largest absolute Gasteiger partial charge is 0.481 e. The average molecular weight is 260 g/mol. The lowest BCUT2D eigenvalue weighted by atomic mass is 9.91. The van der Waals surface area contributed by atoms with E-state index < -0.39 is 5.97 Å². The summed E-state index contributed by atoms with van der Waals surface area (Å²) in [6.07, 6.45) is 2.16. The normalized spacial score (nSPS) is 14.7. The van der Waals surface area contributed by atoms with Gasteiger partial charge in [0.2, 0.25) is 0 Å². The van der Waals surface area contributed by atoms with E-state index in [1.165, 1.54) is 5.39 Å². The molecule has 2 unspecified atom stereocenters. The third kappa shape index (κ3) is 2.79. The molecule has 0 fully saturated rings. The average Bonchev–Trinajstić information content (AvgIpc) is 2.72. The Balaban J connectivity index is 2.41. The Labute approximate surface area is 113 Å². The Morgan fingerprint density at radius 3 is 2.68 bits per heavy atom. The topological polar surface area (TPSA) is 56.3 Å². The number of para-hydroxylation sites is 1. The number of rotatable bonds is 5. The molecule has 102 valence electrons. The van der Waals surface area contributed by atoms with Crippen LogP contribution in [0.3, 0.4) is 0 Å². The summed E-state index contributed by atoms with van der Waals surface area (Å²) >= 11 is 0. The van der Waals surface area contributed by atoms with Crippen LogP contribution in [0.2, 0.25) is 0 Å². The molecule has 4 nitrogen and oxygen atoms in total. The summed E-state index contributed by atoms with van der Waals surface area (Å²) in [7, 11) is 3.98. The van der Waals surface area contributed by atoms with Gasteiger partial charge < -0.3 is 15.0 Å². The predicted octanol–water partition coefficient (Wildman–Crippen LogP) is 2.88. The van der Waals surface area contributed by atoms with E-state index in [1.807, 2.05) is 45.4 Å². The highest BCUT2D eigenvalue weighted by Crippen LogP contribution is 2.33. The molecule has 1 aromatic carbocycles. The maximum Gasteiger partial charge on any atom is 0.303 e. The number of H-pyrrole nitrogens is 1. The zero-order valence-corrected chi connectivity index (χ0v) is 11.6. The first-order valence-corrected chi connectivity index (χ1v) is 6.45. The molecule has 0 amide bonds. The van der Waals surface area contributed by atoms with Crippen LogP contribution in [0.4, 0.5) is 0 Å². The van der Waals surface area contributed by atoms with Crippen molar-refractivity contribution in [3.63, 3.8) is 0 Å². The number of fused-ring (bicyclic) bond motifs is 1. The molecule has 2 N–H and O–H groups in total. The molecule has 2 rings (SSSR count). The fourth-order valence-corrected chi connectivity index (χ4v) is 2.82. The SMILES string of the molecule is CC(CC(=O)O)C(c1c[nH]c2ccccc12)N(C)C. The Hall–Kier alpha value is -1.81. The van der Waals surface area contributed by atoms with E-state index >= 15 is 0 Å². The van der Waals surface area contributed by atoms with Gasteiger partial charge in [-0.05, 0) is 31.6 Å². The van der Waals surface area contributed by atoms with E-state index in [0.717, 1.165) is 11.1 Å². The van der Waals surface area contributed by atoms with Crippen molar-refractivity contribution in [3.8, 4) is 0 Å². The molecule has 2 aromatic rings. The van der Waals surface area contributed by atoms with Crippen molar-refractivity contribution < 1.29 is 9.90 Å². The van der Waals surface area contributed by atoms with Crippen molar-refractivity contribution in [3.05, 3.63) is 36.0 Å². The molecule has 0 bridgehead atoms. The minimum Gasteiger partial charge on any atom is -0.481 e. The molecule has 0 spiro atoms. The van der Waals surface area contributed by atoms with Gasteiger partial charge in [-0.3, -0.25) is 4.79 Å². The third-order valence-corrected chi connectivity index (χ3v) is 3.53. The Morgan fingerprint density at radius 1 is 1.37 bits per heavy atom. The molecule has 0 saturated heterocycles. The van der Waals surface area contributed by atoms with Crippen LogP contribution in [0.5, 0.6) is 0 Å². The van der Waals surface area contributed by atoms with Gasteiger partial charge in [-0.15, -0.1) is 0 Å². The number of nitrogens with one attached hydrogen (secondary N) is 1. The minimum atomic E-state index is -0.751. The number of hydrogen-bond acceptors (Lipinski definition) is 2. The molecular formula is C15H20N2O2. The third-order valence-electron chi connectivity index (χ3n) is 3.53. The number of nitrogens with zero attached hydrogens (tertiary/aromatic N) is 1.